The summed E-state index contributed by atoms with van der Waals surface area (Å²) in [6.45, 7) is 4.67. The second-order valence-electron chi connectivity index (χ2n) is 8.65. The van der Waals surface area contributed by atoms with Gasteiger partial charge in [-0.3, -0.25) is 4.79 Å². The van der Waals surface area contributed by atoms with E-state index in [0.717, 1.165) is 0 Å². The van der Waals surface area contributed by atoms with Crippen molar-refractivity contribution in [3.05, 3.63) is 53.8 Å². The van der Waals surface area contributed by atoms with Crippen molar-refractivity contribution in [2.24, 2.45) is 5.92 Å². The molecule has 3 amide bonds. The van der Waals surface area contributed by atoms with E-state index in [9.17, 15) is 19.1 Å². The van der Waals surface area contributed by atoms with Crippen molar-refractivity contribution in [2.45, 2.75) is 26.0 Å². The fourth-order valence-electron chi connectivity index (χ4n) is 3.74. The van der Waals surface area contributed by atoms with Crippen LogP contribution in [0.15, 0.2) is 42.5 Å². The SMILES string of the molecule is C[C@@H]1CN([C@H](C)CO)C(=O)c2cccc(NC(=O)Nc3ccc(F)cc3)c2O[C@H]1CN(C)C. The van der Waals surface area contributed by atoms with Crippen LogP contribution in [0.4, 0.5) is 20.6 Å². The molecule has 2 aromatic rings. The number of hydrogen-bond donors (Lipinski definition) is 3. The van der Waals surface area contributed by atoms with Crippen molar-refractivity contribution in [2.75, 3.05) is 44.4 Å². The second kappa shape index (κ2) is 10.6. The monoisotopic (exact) mass is 458 g/mol. The number of para-hydroxylation sites is 1. The summed E-state index contributed by atoms with van der Waals surface area (Å²) in [4.78, 5) is 29.7. The second-order valence-corrected chi connectivity index (χ2v) is 8.65. The van der Waals surface area contributed by atoms with Gasteiger partial charge in [-0.05, 0) is 57.4 Å². The number of hydrogen-bond acceptors (Lipinski definition) is 5. The highest BCUT2D eigenvalue weighted by Gasteiger charge is 2.34. The van der Waals surface area contributed by atoms with Crippen LogP contribution >= 0.6 is 0 Å². The Labute approximate surface area is 193 Å². The highest BCUT2D eigenvalue weighted by molar-refractivity contribution is 6.04. The van der Waals surface area contributed by atoms with Gasteiger partial charge < -0.3 is 30.3 Å². The first kappa shape index (κ1) is 24.5. The van der Waals surface area contributed by atoms with Gasteiger partial charge in [-0.15, -0.1) is 0 Å². The fraction of sp³-hybridized carbons (Fsp3) is 0.417. The lowest BCUT2D eigenvalue weighted by Crippen LogP contribution is -2.49. The fourth-order valence-corrected chi connectivity index (χ4v) is 3.74. The largest absolute Gasteiger partial charge is 0.486 e. The molecular weight excluding hydrogens is 427 g/mol. The van der Waals surface area contributed by atoms with Gasteiger partial charge >= 0.3 is 6.03 Å². The number of nitrogens with one attached hydrogen (secondary N) is 2. The summed E-state index contributed by atoms with van der Waals surface area (Å²) in [5.41, 5.74) is 1.08. The molecular formula is C24H31FN4O4. The third-order valence-electron chi connectivity index (χ3n) is 5.59. The molecule has 8 nitrogen and oxygen atoms in total. The normalized spacial score (nSPS) is 19.2. The van der Waals surface area contributed by atoms with Crippen molar-refractivity contribution in [1.29, 1.82) is 0 Å². The Hall–Kier alpha value is -3.17. The van der Waals surface area contributed by atoms with Crippen LogP contribution in [0.2, 0.25) is 0 Å². The molecule has 2 aromatic carbocycles. The Balaban J connectivity index is 1.95. The molecule has 3 atom stereocenters. The molecule has 178 valence electrons. The maximum atomic E-state index is 13.4. The van der Waals surface area contributed by atoms with E-state index in [-0.39, 0.29) is 36.3 Å². The van der Waals surface area contributed by atoms with Gasteiger partial charge in [-0.2, -0.15) is 0 Å². The Morgan fingerprint density at radius 1 is 1.24 bits per heavy atom. The summed E-state index contributed by atoms with van der Waals surface area (Å²) >= 11 is 0. The smallest absolute Gasteiger partial charge is 0.323 e. The Morgan fingerprint density at radius 3 is 2.58 bits per heavy atom. The maximum Gasteiger partial charge on any atom is 0.323 e. The first-order chi connectivity index (χ1) is 15.7. The van der Waals surface area contributed by atoms with Crippen molar-refractivity contribution in [3.8, 4) is 5.75 Å². The molecule has 0 fully saturated rings. The number of ether oxygens (including phenoxy) is 1. The van der Waals surface area contributed by atoms with E-state index in [1.54, 1.807) is 30.0 Å². The van der Waals surface area contributed by atoms with E-state index >= 15 is 0 Å². The Morgan fingerprint density at radius 2 is 1.94 bits per heavy atom. The van der Waals surface area contributed by atoms with Crippen LogP contribution in [-0.4, -0.2) is 72.8 Å². The van der Waals surface area contributed by atoms with Gasteiger partial charge in [0.05, 0.1) is 23.9 Å². The standard InChI is InChI=1S/C24H31FN4O4/c1-15-12-29(16(2)14-30)23(31)19-6-5-7-20(22(19)33-21(15)13-28(3)4)27-24(32)26-18-10-8-17(25)9-11-18/h5-11,15-16,21,30H,12-14H2,1-4H3,(H2,26,27,32)/t15-,16-,21+/m1/s1. The molecule has 9 heteroatoms. The average Bonchev–Trinajstić information content (AvgIpc) is 2.77. The average molecular weight is 459 g/mol. The van der Waals surface area contributed by atoms with Gasteiger partial charge in [-0.25, -0.2) is 9.18 Å². The zero-order valence-corrected chi connectivity index (χ0v) is 19.3. The van der Waals surface area contributed by atoms with Gasteiger partial charge in [0.2, 0.25) is 0 Å². The number of fused-ring (bicyclic) bond motifs is 1. The minimum atomic E-state index is -0.550. The zero-order valence-electron chi connectivity index (χ0n) is 19.3. The summed E-state index contributed by atoms with van der Waals surface area (Å²) in [6.07, 6.45) is -0.261. The number of urea groups is 1. The number of halogens is 1. The maximum absolute atomic E-state index is 13.4. The van der Waals surface area contributed by atoms with Gasteiger partial charge in [-0.1, -0.05) is 13.0 Å². The summed E-state index contributed by atoms with van der Waals surface area (Å²) in [5, 5.41) is 15.1. The van der Waals surface area contributed by atoms with E-state index in [1.807, 2.05) is 25.9 Å². The first-order valence-electron chi connectivity index (χ1n) is 10.9. The minimum Gasteiger partial charge on any atom is -0.486 e. The van der Waals surface area contributed by atoms with Crippen molar-refractivity contribution < 1.29 is 23.8 Å². The lowest BCUT2D eigenvalue weighted by Gasteiger charge is -2.38. The predicted octanol–water partition coefficient (Wildman–Crippen LogP) is 3.25. The lowest BCUT2D eigenvalue weighted by atomic mass is 9.99. The third-order valence-corrected chi connectivity index (χ3v) is 5.59. The quantitative estimate of drug-likeness (QED) is 0.618. The number of carbonyl (C=O) groups is 2. The van der Waals surface area contributed by atoms with Crippen LogP contribution < -0.4 is 15.4 Å². The number of rotatable bonds is 6. The molecule has 0 saturated heterocycles. The van der Waals surface area contributed by atoms with E-state index in [2.05, 4.69) is 10.6 Å². The first-order valence-corrected chi connectivity index (χ1v) is 10.9. The molecule has 0 saturated carbocycles. The number of carbonyl (C=O) groups excluding carboxylic acids is 2. The number of aliphatic hydroxyl groups excluding tert-OH is 1. The molecule has 1 heterocycles. The number of nitrogens with zero attached hydrogens (tertiary/aromatic N) is 2. The molecule has 33 heavy (non-hydrogen) atoms. The van der Waals surface area contributed by atoms with E-state index < -0.39 is 11.8 Å². The molecule has 0 spiro atoms. The number of amides is 3. The summed E-state index contributed by atoms with van der Waals surface area (Å²) in [7, 11) is 3.88. The van der Waals surface area contributed by atoms with Crippen LogP contribution in [0.3, 0.4) is 0 Å². The van der Waals surface area contributed by atoms with Crippen molar-refractivity contribution >= 4 is 23.3 Å². The minimum absolute atomic E-state index is 0.0282. The molecule has 0 unspecified atom stereocenters. The summed E-state index contributed by atoms with van der Waals surface area (Å²) in [5.74, 6) is -0.422. The predicted molar refractivity (Wildman–Crippen MR) is 125 cm³/mol. The van der Waals surface area contributed by atoms with Crippen molar-refractivity contribution in [3.63, 3.8) is 0 Å². The molecule has 0 radical (unpaired) electrons. The van der Waals surface area contributed by atoms with Crippen LogP contribution in [0.25, 0.3) is 0 Å². The van der Waals surface area contributed by atoms with E-state index in [1.165, 1.54) is 24.3 Å². The van der Waals surface area contributed by atoms with Gasteiger partial charge in [0.1, 0.15) is 11.9 Å². The van der Waals surface area contributed by atoms with Crippen LogP contribution in [0, 0.1) is 11.7 Å². The van der Waals surface area contributed by atoms with Crippen LogP contribution in [-0.2, 0) is 0 Å². The Bertz CT molecular complexity index is 983. The van der Waals surface area contributed by atoms with Gasteiger partial charge in [0.15, 0.2) is 5.75 Å². The van der Waals surface area contributed by atoms with Gasteiger partial charge in [0.25, 0.3) is 5.91 Å². The lowest BCUT2D eigenvalue weighted by molar-refractivity contribution is 0.0365. The third kappa shape index (κ3) is 6.00. The number of anilines is 2. The van der Waals surface area contributed by atoms with Gasteiger partial charge in [0, 0.05) is 24.7 Å². The van der Waals surface area contributed by atoms with E-state index in [0.29, 0.717) is 30.0 Å². The molecule has 3 N–H and O–H groups in total. The summed E-state index contributed by atoms with van der Waals surface area (Å²) in [6, 6.07) is 9.47. The zero-order chi connectivity index (χ0) is 24.1. The summed E-state index contributed by atoms with van der Waals surface area (Å²) < 4.78 is 19.5. The molecule has 3 rings (SSSR count). The molecule has 0 bridgehead atoms. The van der Waals surface area contributed by atoms with Crippen molar-refractivity contribution in [1.82, 2.24) is 9.80 Å². The van der Waals surface area contributed by atoms with Crippen LogP contribution in [0.5, 0.6) is 5.75 Å². The van der Waals surface area contributed by atoms with Crippen LogP contribution in [0.1, 0.15) is 24.2 Å². The molecule has 0 aliphatic carbocycles. The number of likely N-dealkylation sites (N-methyl/N-ethyl adjacent to an activating group) is 1. The Kier molecular flexibility index (Phi) is 7.88. The number of aliphatic hydroxyl groups is 1. The highest BCUT2D eigenvalue weighted by Crippen LogP contribution is 2.35. The molecule has 1 aliphatic rings. The number of benzene rings is 2. The molecule has 0 aromatic heterocycles. The topological polar surface area (TPSA) is 94.1 Å². The highest BCUT2D eigenvalue weighted by atomic mass is 19.1. The van der Waals surface area contributed by atoms with E-state index in [4.69, 9.17) is 4.74 Å². The molecule has 1 aliphatic heterocycles.